The molecule has 0 spiro atoms. The van der Waals surface area contributed by atoms with Crippen LogP contribution < -0.4 is 0 Å². The van der Waals surface area contributed by atoms with E-state index in [2.05, 4.69) is 18.9 Å². The van der Waals surface area contributed by atoms with E-state index in [1.807, 2.05) is 11.8 Å². The molecule has 0 saturated carbocycles. The summed E-state index contributed by atoms with van der Waals surface area (Å²) in [7, 11) is 2.06. The maximum absolute atomic E-state index is 12.7. The van der Waals surface area contributed by atoms with Gasteiger partial charge in [-0.3, -0.25) is 4.79 Å². The highest BCUT2D eigenvalue weighted by Gasteiger charge is 2.46. The summed E-state index contributed by atoms with van der Waals surface area (Å²) >= 11 is 0. The molecule has 21 heavy (non-hydrogen) atoms. The molecule has 2 atom stereocenters. The number of aliphatic carboxylic acids is 1. The summed E-state index contributed by atoms with van der Waals surface area (Å²) in [5, 5.41) is 9.53. The van der Waals surface area contributed by atoms with Crippen molar-refractivity contribution in [2.75, 3.05) is 39.8 Å². The van der Waals surface area contributed by atoms with Gasteiger partial charge in [-0.25, -0.2) is 4.79 Å². The third-order valence-corrected chi connectivity index (χ3v) is 4.88. The molecule has 2 saturated heterocycles. The SMILES string of the molecule is CCCC1(C(=O)O)CCN(C(=O)N2CCN(C)CC2C)C1. The van der Waals surface area contributed by atoms with E-state index in [4.69, 9.17) is 0 Å². The Bertz CT molecular complexity index is 415. The lowest BCUT2D eigenvalue weighted by molar-refractivity contribution is -0.148. The van der Waals surface area contributed by atoms with Crippen molar-refractivity contribution < 1.29 is 14.7 Å². The first-order valence-electron chi connectivity index (χ1n) is 7.87. The van der Waals surface area contributed by atoms with Crippen LogP contribution in [0, 0.1) is 5.41 Å². The van der Waals surface area contributed by atoms with Crippen molar-refractivity contribution in [2.24, 2.45) is 5.41 Å². The topological polar surface area (TPSA) is 64.1 Å². The molecular formula is C15H27N3O3. The van der Waals surface area contributed by atoms with E-state index in [0.29, 0.717) is 25.9 Å². The number of urea groups is 1. The predicted octanol–water partition coefficient (Wildman–Crippen LogP) is 1.32. The number of carboxylic acid groups (broad SMARTS) is 1. The normalized spacial score (nSPS) is 30.7. The largest absolute Gasteiger partial charge is 0.481 e. The van der Waals surface area contributed by atoms with Crippen molar-refractivity contribution in [1.82, 2.24) is 14.7 Å². The van der Waals surface area contributed by atoms with Crippen LogP contribution in [0.1, 0.15) is 33.1 Å². The minimum atomic E-state index is -0.758. The second kappa shape index (κ2) is 6.22. The zero-order valence-corrected chi connectivity index (χ0v) is 13.3. The Kier molecular flexibility index (Phi) is 4.76. The van der Waals surface area contributed by atoms with Gasteiger partial charge in [-0.2, -0.15) is 0 Å². The van der Waals surface area contributed by atoms with Crippen molar-refractivity contribution in [3.63, 3.8) is 0 Å². The molecular weight excluding hydrogens is 270 g/mol. The van der Waals surface area contributed by atoms with Crippen LogP contribution in [0.4, 0.5) is 4.79 Å². The zero-order chi connectivity index (χ0) is 15.6. The van der Waals surface area contributed by atoms with Crippen LogP contribution in [-0.4, -0.2) is 77.6 Å². The molecule has 6 nitrogen and oxygen atoms in total. The van der Waals surface area contributed by atoms with Crippen molar-refractivity contribution >= 4 is 12.0 Å². The molecule has 2 rings (SSSR count). The standard InChI is InChI=1S/C15H27N3O3/c1-4-5-15(13(19)20)6-7-17(11-15)14(21)18-9-8-16(3)10-12(18)2/h12H,4-11H2,1-3H3,(H,19,20). The van der Waals surface area contributed by atoms with Crippen LogP contribution in [0.3, 0.4) is 0 Å². The van der Waals surface area contributed by atoms with Crippen LogP contribution in [-0.2, 0) is 4.79 Å². The number of carbonyl (C=O) groups excluding carboxylic acids is 1. The molecule has 0 aromatic heterocycles. The van der Waals surface area contributed by atoms with Gasteiger partial charge in [0.1, 0.15) is 0 Å². The van der Waals surface area contributed by atoms with Gasteiger partial charge in [-0.05, 0) is 26.8 Å². The fraction of sp³-hybridized carbons (Fsp3) is 0.867. The van der Waals surface area contributed by atoms with Crippen LogP contribution in [0.25, 0.3) is 0 Å². The van der Waals surface area contributed by atoms with Gasteiger partial charge < -0.3 is 19.8 Å². The van der Waals surface area contributed by atoms with Crippen molar-refractivity contribution in [1.29, 1.82) is 0 Å². The Morgan fingerprint density at radius 2 is 2.00 bits per heavy atom. The maximum Gasteiger partial charge on any atom is 0.320 e. The molecule has 2 fully saturated rings. The summed E-state index contributed by atoms with van der Waals surface area (Å²) < 4.78 is 0. The summed E-state index contributed by atoms with van der Waals surface area (Å²) in [6.45, 7) is 7.44. The average Bonchev–Trinajstić information content (AvgIpc) is 2.84. The second-order valence-electron chi connectivity index (χ2n) is 6.59. The number of rotatable bonds is 3. The molecule has 1 N–H and O–H groups in total. The molecule has 2 aliphatic heterocycles. The van der Waals surface area contributed by atoms with E-state index in [1.54, 1.807) is 4.90 Å². The first kappa shape index (κ1) is 16.1. The third kappa shape index (κ3) is 3.15. The van der Waals surface area contributed by atoms with E-state index in [0.717, 1.165) is 26.1 Å². The Morgan fingerprint density at radius 1 is 1.29 bits per heavy atom. The number of hydrogen-bond donors (Lipinski definition) is 1. The van der Waals surface area contributed by atoms with Crippen molar-refractivity contribution in [2.45, 2.75) is 39.2 Å². The fourth-order valence-electron chi connectivity index (χ4n) is 3.61. The molecule has 2 heterocycles. The summed E-state index contributed by atoms with van der Waals surface area (Å²) in [6.07, 6.45) is 2.05. The lowest BCUT2D eigenvalue weighted by Gasteiger charge is -2.40. The van der Waals surface area contributed by atoms with Gasteiger partial charge in [0.25, 0.3) is 0 Å². The molecule has 2 unspecified atom stereocenters. The third-order valence-electron chi connectivity index (χ3n) is 4.88. The predicted molar refractivity (Wildman–Crippen MR) is 80.2 cm³/mol. The smallest absolute Gasteiger partial charge is 0.320 e. The number of likely N-dealkylation sites (tertiary alicyclic amines) is 1. The minimum Gasteiger partial charge on any atom is -0.481 e. The highest BCUT2D eigenvalue weighted by molar-refractivity contribution is 5.80. The Balaban J connectivity index is 2.03. The number of piperazine rings is 1. The molecule has 2 amide bonds. The number of amides is 2. The lowest BCUT2D eigenvalue weighted by Crippen LogP contribution is -2.56. The Labute approximate surface area is 126 Å². The summed E-state index contributed by atoms with van der Waals surface area (Å²) in [6, 6.07) is 0.192. The molecule has 0 bridgehead atoms. The number of likely N-dealkylation sites (N-methyl/N-ethyl adjacent to an activating group) is 1. The van der Waals surface area contributed by atoms with E-state index < -0.39 is 11.4 Å². The maximum atomic E-state index is 12.7. The number of carboxylic acids is 1. The van der Waals surface area contributed by atoms with E-state index >= 15 is 0 Å². The average molecular weight is 297 g/mol. The van der Waals surface area contributed by atoms with Gasteiger partial charge in [-0.1, -0.05) is 13.3 Å². The van der Waals surface area contributed by atoms with Gasteiger partial charge in [0.2, 0.25) is 0 Å². The number of carbonyl (C=O) groups is 2. The highest BCUT2D eigenvalue weighted by atomic mass is 16.4. The number of nitrogens with zero attached hydrogens (tertiary/aromatic N) is 3. The van der Waals surface area contributed by atoms with Gasteiger partial charge in [0, 0.05) is 38.8 Å². The highest BCUT2D eigenvalue weighted by Crippen LogP contribution is 2.36. The van der Waals surface area contributed by atoms with Crippen molar-refractivity contribution in [3.05, 3.63) is 0 Å². The van der Waals surface area contributed by atoms with Crippen LogP contribution in [0.2, 0.25) is 0 Å². The molecule has 0 radical (unpaired) electrons. The van der Waals surface area contributed by atoms with Crippen LogP contribution in [0.15, 0.2) is 0 Å². The first-order valence-corrected chi connectivity index (χ1v) is 7.87. The quantitative estimate of drug-likeness (QED) is 0.853. The number of hydrogen-bond acceptors (Lipinski definition) is 3. The molecule has 0 aliphatic carbocycles. The zero-order valence-electron chi connectivity index (χ0n) is 13.3. The summed E-state index contributed by atoms with van der Waals surface area (Å²) in [5.74, 6) is -0.758. The van der Waals surface area contributed by atoms with Gasteiger partial charge >= 0.3 is 12.0 Å². The molecule has 0 aromatic rings. The van der Waals surface area contributed by atoms with Crippen molar-refractivity contribution in [3.8, 4) is 0 Å². The van der Waals surface area contributed by atoms with Crippen LogP contribution >= 0.6 is 0 Å². The molecule has 2 aliphatic rings. The monoisotopic (exact) mass is 297 g/mol. The minimum absolute atomic E-state index is 0.00910. The summed E-state index contributed by atoms with van der Waals surface area (Å²) in [4.78, 5) is 30.1. The molecule has 120 valence electrons. The summed E-state index contributed by atoms with van der Waals surface area (Å²) in [5.41, 5.74) is -0.736. The van der Waals surface area contributed by atoms with Crippen LogP contribution in [0.5, 0.6) is 0 Å². The Hall–Kier alpha value is -1.30. The molecule has 0 aromatic carbocycles. The van der Waals surface area contributed by atoms with Gasteiger partial charge in [-0.15, -0.1) is 0 Å². The Morgan fingerprint density at radius 3 is 2.57 bits per heavy atom. The van der Waals surface area contributed by atoms with Gasteiger partial charge in [0.05, 0.1) is 5.41 Å². The van der Waals surface area contributed by atoms with E-state index in [9.17, 15) is 14.7 Å². The van der Waals surface area contributed by atoms with Gasteiger partial charge in [0.15, 0.2) is 0 Å². The first-order chi connectivity index (χ1) is 9.89. The molecule has 6 heteroatoms. The second-order valence-corrected chi connectivity index (χ2v) is 6.59. The van der Waals surface area contributed by atoms with E-state index in [1.165, 1.54) is 0 Å². The van der Waals surface area contributed by atoms with E-state index in [-0.39, 0.29) is 12.1 Å². The lowest BCUT2D eigenvalue weighted by atomic mass is 9.83. The fourth-order valence-corrected chi connectivity index (χ4v) is 3.61.